The zero-order valence-corrected chi connectivity index (χ0v) is 16.4. The van der Waals surface area contributed by atoms with Crippen LogP contribution in [0, 0.1) is 23.7 Å². The average molecular weight is 422 g/mol. The van der Waals surface area contributed by atoms with Crippen LogP contribution in [-0.4, -0.2) is 66.4 Å². The Hall–Kier alpha value is -2.27. The van der Waals surface area contributed by atoms with Gasteiger partial charge < -0.3 is 37.0 Å². The molecule has 0 aromatic heterocycles. The van der Waals surface area contributed by atoms with Crippen molar-refractivity contribution >= 4 is 17.5 Å². The Bertz CT molecular complexity index is 922. The summed E-state index contributed by atoms with van der Waals surface area (Å²) >= 11 is 0. The molecule has 0 aromatic carbocycles. The lowest BCUT2D eigenvalue weighted by molar-refractivity contribution is -0.166. The number of rotatable bonds is 1. The molecule has 9 N–H and O–H groups in total. The van der Waals surface area contributed by atoms with Crippen LogP contribution < -0.4 is 11.5 Å². The molecule has 8 atom stereocenters. The van der Waals surface area contributed by atoms with Crippen molar-refractivity contribution in [2.45, 2.75) is 56.0 Å². The van der Waals surface area contributed by atoms with Gasteiger partial charge in [0.05, 0.1) is 23.7 Å². The second-order valence-corrected chi connectivity index (χ2v) is 9.12. The predicted octanol–water partition coefficient (Wildman–Crippen LogP) is -1.52. The summed E-state index contributed by atoms with van der Waals surface area (Å²) < 4.78 is 0. The molecular weight excluding hydrogens is 396 g/mol. The lowest BCUT2D eigenvalue weighted by Gasteiger charge is -2.56. The van der Waals surface area contributed by atoms with Gasteiger partial charge in [-0.1, -0.05) is 6.42 Å². The Morgan fingerprint density at radius 2 is 1.70 bits per heavy atom. The third-order valence-electron chi connectivity index (χ3n) is 7.71. The van der Waals surface area contributed by atoms with Crippen LogP contribution in [0.1, 0.15) is 32.6 Å². The van der Waals surface area contributed by atoms with E-state index < -0.39 is 81.6 Å². The highest BCUT2D eigenvalue weighted by Gasteiger charge is 2.66. The first-order chi connectivity index (χ1) is 13.9. The summed E-state index contributed by atoms with van der Waals surface area (Å²) in [6.45, 7) is 1.50. The molecule has 3 unspecified atom stereocenters. The molecule has 1 amide bonds. The maximum absolute atomic E-state index is 13.3. The Morgan fingerprint density at radius 1 is 1.07 bits per heavy atom. The number of hydrogen-bond acceptors (Lipinski definition) is 9. The van der Waals surface area contributed by atoms with E-state index in [0.717, 1.165) is 0 Å². The number of aliphatic hydroxyl groups excluding tert-OH is 3. The highest BCUT2D eigenvalue weighted by Crippen LogP contribution is 2.57. The fourth-order valence-corrected chi connectivity index (χ4v) is 6.12. The minimum atomic E-state index is -2.68. The predicted molar refractivity (Wildman–Crippen MR) is 101 cm³/mol. The maximum Gasteiger partial charge on any atom is 0.255 e. The minimum absolute atomic E-state index is 0.197. The number of primary amides is 1. The van der Waals surface area contributed by atoms with E-state index in [1.807, 2.05) is 0 Å². The fourth-order valence-electron chi connectivity index (χ4n) is 6.12. The van der Waals surface area contributed by atoms with Gasteiger partial charge in [0.2, 0.25) is 0 Å². The van der Waals surface area contributed by atoms with Crippen LogP contribution in [0.15, 0.2) is 22.7 Å². The van der Waals surface area contributed by atoms with Gasteiger partial charge in [-0.2, -0.15) is 0 Å². The zero-order valence-electron chi connectivity index (χ0n) is 16.4. The van der Waals surface area contributed by atoms with E-state index in [1.54, 1.807) is 0 Å². The van der Waals surface area contributed by atoms with Gasteiger partial charge in [0.25, 0.3) is 5.91 Å². The number of aliphatic hydroxyl groups is 5. The average Bonchev–Trinajstić information content (AvgIpc) is 2.66. The van der Waals surface area contributed by atoms with E-state index in [4.69, 9.17) is 11.5 Å². The number of hydrogen-bond donors (Lipinski definition) is 7. The Balaban J connectivity index is 1.97. The third kappa shape index (κ3) is 2.36. The smallest absolute Gasteiger partial charge is 0.255 e. The molecular formula is C20H26N2O8. The van der Waals surface area contributed by atoms with E-state index in [9.17, 15) is 39.9 Å². The molecule has 4 rings (SSSR count). The van der Waals surface area contributed by atoms with Gasteiger partial charge in [-0.3, -0.25) is 14.4 Å². The molecule has 10 heteroatoms. The SMILES string of the molecule is C[C@@]1(O)C2CCCC(O)C2C(=O)C2=C(O)[C@]3(O)C(O)=C(C(N)=O)C(=O)[C@@H](N)[C@@H]3C[C@@H]21. The summed E-state index contributed by atoms with van der Waals surface area (Å²) in [5, 5.41) is 54.7. The van der Waals surface area contributed by atoms with Gasteiger partial charge in [0.1, 0.15) is 17.1 Å². The highest BCUT2D eigenvalue weighted by molar-refractivity contribution is 6.22. The van der Waals surface area contributed by atoms with E-state index >= 15 is 0 Å². The molecule has 30 heavy (non-hydrogen) atoms. The normalized spacial score (nSPS) is 46.3. The molecule has 164 valence electrons. The van der Waals surface area contributed by atoms with Gasteiger partial charge in [0.15, 0.2) is 17.2 Å². The van der Waals surface area contributed by atoms with Crippen LogP contribution in [-0.2, 0) is 14.4 Å². The van der Waals surface area contributed by atoms with Crippen molar-refractivity contribution in [2.24, 2.45) is 35.1 Å². The highest BCUT2D eigenvalue weighted by atomic mass is 16.4. The summed E-state index contributed by atoms with van der Waals surface area (Å²) in [7, 11) is 0. The van der Waals surface area contributed by atoms with E-state index in [2.05, 4.69) is 0 Å². The summed E-state index contributed by atoms with van der Waals surface area (Å²) in [6, 6.07) is -1.50. The summed E-state index contributed by atoms with van der Waals surface area (Å²) in [6.07, 6.45) is 0.223. The Morgan fingerprint density at radius 3 is 2.30 bits per heavy atom. The van der Waals surface area contributed by atoms with E-state index in [-0.39, 0.29) is 12.0 Å². The fraction of sp³-hybridized carbons (Fsp3) is 0.650. The number of ketones is 2. The molecule has 0 saturated heterocycles. The molecule has 0 spiro atoms. The zero-order chi connectivity index (χ0) is 22.3. The Kier molecular flexibility index (Phi) is 4.45. The largest absolute Gasteiger partial charge is 0.508 e. The number of carbonyl (C=O) groups excluding carboxylic acids is 3. The van der Waals surface area contributed by atoms with E-state index in [0.29, 0.717) is 19.3 Å². The first kappa shape index (κ1) is 21.0. The monoisotopic (exact) mass is 422 g/mol. The maximum atomic E-state index is 13.3. The molecule has 10 nitrogen and oxygen atoms in total. The third-order valence-corrected chi connectivity index (χ3v) is 7.71. The second kappa shape index (κ2) is 6.36. The molecule has 2 fully saturated rings. The van der Waals surface area contributed by atoms with Crippen molar-refractivity contribution in [1.82, 2.24) is 0 Å². The van der Waals surface area contributed by atoms with Gasteiger partial charge >= 0.3 is 0 Å². The lowest BCUT2D eigenvalue weighted by Crippen LogP contribution is -2.66. The molecule has 4 aliphatic rings. The first-order valence-electron chi connectivity index (χ1n) is 10.0. The van der Waals surface area contributed by atoms with Crippen molar-refractivity contribution < 1.29 is 39.9 Å². The molecule has 4 aliphatic carbocycles. The van der Waals surface area contributed by atoms with Crippen molar-refractivity contribution in [3.8, 4) is 0 Å². The quantitative estimate of drug-likeness (QED) is 0.245. The number of nitrogens with two attached hydrogens (primary N) is 2. The van der Waals surface area contributed by atoms with Gasteiger partial charge in [-0.15, -0.1) is 0 Å². The number of Topliss-reactive ketones (excluding diaryl/α,β-unsaturated/α-hetero) is 2. The Labute approximate surface area is 171 Å². The summed E-state index contributed by atoms with van der Waals surface area (Å²) in [4.78, 5) is 37.5. The van der Waals surface area contributed by atoms with Crippen molar-refractivity contribution in [1.29, 1.82) is 0 Å². The number of amides is 1. The lowest BCUT2D eigenvalue weighted by atomic mass is 9.50. The second-order valence-electron chi connectivity index (χ2n) is 9.12. The van der Waals surface area contributed by atoms with Gasteiger partial charge in [0, 0.05) is 23.3 Å². The van der Waals surface area contributed by atoms with Crippen LogP contribution >= 0.6 is 0 Å². The summed E-state index contributed by atoms with van der Waals surface area (Å²) in [5.41, 5.74) is 5.65. The molecule has 0 heterocycles. The van der Waals surface area contributed by atoms with Gasteiger partial charge in [-0.05, 0) is 26.2 Å². The molecule has 0 radical (unpaired) electrons. The van der Waals surface area contributed by atoms with Crippen LogP contribution in [0.4, 0.5) is 0 Å². The van der Waals surface area contributed by atoms with Crippen LogP contribution in [0.5, 0.6) is 0 Å². The van der Waals surface area contributed by atoms with Crippen LogP contribution in [0.25, 0.3) is 0 Å². The molecule has 0 aromatic rings. The van der Waals surface area contributed by atoms with E-state index in [1.165, 1.54) is 6.92 Å². The van der Waals surface area contributed by atoms with Crippen molar-refractivity contribution in [2.75, 3.05) is 0 Å². The number of carbonyl (C=O) groups is 3. The van der Waals surface area contributed by atoms with Crippen molar-refractivity contribution in [3.63, 3.8) is 0 Å². The summed E-state index contributed by atoms with van der Waals surface area (Å²) in [5.74, 6) is -8.92. The number of fused-ring (bicyclic) bond motifs is 3. The van der Waals surface area contributed by atoms with Crippen LogP contribution in [0.3, 0.4) is 0 Å². The minimum Gasteiger partial charge on any atom is -0.508 e. The van der Waals surface area contributed by atoms with Gasteiger partial charge in [-0.25, -0.2) is 0 Å². The van der Waals surface area contributed by atoms with Crippen LogP contribution in [0.2, 0.25) is 0 Å². The topological polar surface area (TPSA) is 204 Å². The van der Waals surface area contributed by atoms with Crippen molar-refractivity contribution in [3.05, 3.63) is 22.7 Å². The molecule has 2 saturated carbocycles. The standard InChI is InChI=1S/C20H26N2O8/c1-19(29)6-3-2-4-9(23)10(6)14(24)11-7(19)5-8-13(21)15(25)12(18(22)28)17(27)20(8,30)16(11)26/h6-10,13,23,26-27,29-30H,2-5,21H2,1H3,(H2,22,28)/t6?,7-,8-,9?,10?,13-,19+,20-/m0/s1. The first-order valence-corrected chi connectivity index (χ1v) is 10.0. The molecule has 0 bridgehead atoms. The molecule has 0 aliphatic heterocycles.